The van der Waals surface area contributed by atoms with Crippen LogP contribution in [-0.4, -0.2) is 11.6 Å². The first-order chi connectivity index (χ1) is 17.7. The van der Waals surface area contributed by atoms with Gasteiger partial charge in [0.05, 0.1) is 12.1 Å². The van der Waals surface area contributed by atoms with Crippen molar-refractivity contribution >= 4 is 22.9 Å². The van der Waals surface area contributed by atoms with Gasteiger partial charge in [0.1, 0.15) is 11.6 Å². The van der Waals surface area contributed by atoms with E-state index < -0.39 is 0 Å². The fraction of sp³-hybridized carbons (Fsp3) is 0.375. The normalized spacial score (nSPS) is 22.0. The third-order valence-electron chi connectivity index (χ3n) is 7.86. The van der Waals surface area contributed by atoms with Crippen LogP contribution >= 0.6 is 0 Å². The summed E-state index contributed by atoms with van der Waals surface area (Å²) in [7, 11) is 0. The predicted octanol–water partition coefficient (Wildman–Crippen LogP) is 7.51. The molecule has 3 aromatic rings. The van der Waals surface area contributed by atoms with Crippen molar-refractivity contribution in [3.63, 3.8) is 0 Å². The summed E-state index contributed by atoms with van der Waals surface area (Å²) in [5.41, 5.74) is 4.30. The first-order valence-electron chi connectivity index (χ1n) is 13.5. The lowest BCUT2D eigenvalue weighted by Crippen LogP contribution is -2.30. The van der Waals surface area contributed by atoms with E-state index in [1.165, 1.54) is 0 Å². The van der Waals surface area contributed by atoms with E-state index in [1.807, 2.05) is 36.4 Å². The maximum Gasteiger partial charge on any atom is 0.138 e. The van der Waals surface area contributed by atoms with Crippen molar-refractivity contribution in [1.29, 1.82) is 0 Å². The molecule has 2 aliphatic rings. The lowest BCUT2D eigenvalue weighted by molar-refractivity contribution is -0.125. The highest BCUT2D eigenvalue weighted by Crippen LogP contribution is 2.37. The Morgan fingerprint density at radius 3 is 1.28 bits per heavy atom. The Morgan fingerprint density at radius 1 is 0.528 bits per heavy atom. The Bertz CT molecular complexity index is 1050. The monoisotopic (exact) mass is 480 g/mol. The molecule has 0 aromatic heterocycles. The fourth-order valence-corrected chi connectivity index (χ4v) is 5.90. The molecule has 0 bridgehead atoms. The van der Waals surface area contributed by atoms with Gasteiger partial charge in [0.25, 0.3) is 0 Å². The van der Waals surface area contributed by atoms with Gasteiger partial charge in [-0.3, -0.25) is 9.59 Å². The Kier molecular flexibility index (Phi) is 7.80. The Balaban J connectivity index is 1.35. The molecule has 4 heteroatoms. The average molecular weight is 481 g/mol. The summed E-state index contributed by atoms with van der Waals surface area (Å²) in [6.07, 6.45) is 7.43. The molecular weight excluding hydrogens is 444 g/mol. The quantitative estimate of drug-likeness (QED) is 0.350. The zero-order valence-electron chi connectivity index (χ0n) is 20.9. The van der Waals surface area contributed by atoms with Gasteiger partial charge < -0.3 is 10.6 Å². The van der Waals surface area contributed by atoms with Gasteiger partial charge in [-0.1, -0.05) is 73.5 Å². The lowest BCUT2D eigenvalue weighted by atomic mass is 9.80. The number of hydrogen-bond acceptors (Lipinski definition) is 4. The van der Waals surface area contributed by atoms with Crippen molar-refractivity contribution in [1.82, 2.24) is 0 Å². The summed E-state index contributed by atoms with van der Waals surface area (Å²) in [5, 5.41) is 7.35. The van der Waals surface area contributed by atoms with Crippen molar-refractivity contribution < 1.29 is 9.59 Å². The predicted molar refractivity (Wildman–Crippen MR) is 146 cm³/mol. The minimum absolute atomic E-state index is 0.00118. The van der Waals surface area contributed by atoms with Crippen molar-refractivity contribution in [2.24, 2.45) is 11.8 Å². The molecule has 36 heavy (non-hydrogen) atoms. The zero-order valence-corrected chi connectivity index (χ0v) is 20.9. The highest BCUT2D eigenvalue weighted by atomic mass is 16.1. The van der Waals surface area contributed by atoms with Crippen LogP contribution in [0.5, 0.6) is 0 Å². The van der Waals surface area contributed by atoms with Crippen LogP contribution in [0.3, 0.4) is 0 Å². The van der Waals surface area contributed by atoms with Crippen molar-refractivity contribution in [3.05, 3.63) is 96.1 Å². The van der Waals surface area contributed by atoms with E-state index in [4.69, 9.17) is 0 Å². The van der Waals surface area contributed by atoms with Gasteiger partial charge in [0.15, 0.2) is 0 Å². The summed E-state index contributed by atoms with van der Waals surface area (Å²) >= 11 is 0. The number of carbonyl (C=O) groups is 2. The molecule has 0 amide bonds. The molecule has 2 saturated carbocycles. The standard InChI is InChI=1S/C32H36N2O2/c35-29-17-9-7-15-27(29)31(23-11-3-1-4-12-23)33-25-19-21-26(22-20-25)34-32(24-13-5-2-6-14-24)28-16-8-10-18-30(28)36/h1-6,11-14,19-22,27-28,31-34H,7-10,15-18H2. The molecule has 0 radical (unpaired) electrons. The molecule has 2 fully saturated rings. The Morgan fingerprint density at radius 2 is 0.917 bits per heavy atom. The van der Waals surface area contributed by atoms with E-state index in [9.17, 15) is 9.59 Å². The largest absolute Gasteiger partial charge is 0.378 e. The molecule has 2 N–H and O–H groups in total. The summed E-state index contributed by atoms with van der Waals surface area (Å²) in [6.45, 7) is 0. The summed E-state index contributed by atoms with van der Waals surface area (Å²) < 4.78 is 0. The van der Waals surface area contributed by atoms with Crippen LogP contribution in [0.2, 0.25) is 0 Å². The molecule has 4 nitrogen and oxygen atoms in total. The van der Waals surface area contributed by atoms with Crippen LogP contribution in [0.15, 0.2) is 84.9 Å². The van der Waals surface area contributed by atoms with Crippen molar-refractivity contribution in [2.75, 3.05) is 10.6 Å². The van der Waals surface area contributed by atoms with E-state index >= 15 is 0 Å². The van der Waals surface area contributed by atoms with E-state index in [2.05, 4.69) is 59.2 Å². The molecule has 4 unspecified atom stereocenters. The van der Waals surface area contributed by atoms with Crippen molar-refractivity contribution in [3.8, 4) is 0 Å². The second kappa shape index (κ2) is 11.6. The summed E-state index contributed by atoms with van der Waals surface area (Å²) in [4.78, 5) is 25.6. The van der Waals surface area contributed by atoms with Crippen LogP contribution < -0.4 is 10.6 Å². The molecule has 5 rings (SSSR count). The minimum atomic E-state index is -0.0327. The Hall–Kier alpha value is -3.40. The molecule has 186 valence electrons. The number of nitrogens with one attached hydrogen (secondary N) is 2. The van der Waals surface area contributed by atoms with Crippen molar-refractivity contribution in [2.45, 2.75) is 63.5 Å². The Labute approximate surface area is 214 Å². The van der Waals surface area contributed by atoms with Gasteiger partial charge in [0, 0.05) is 36.1 Å². The van der Waals surface area contributed by atoms with E-state index in [1.54, 1.807) is 0 Å². The second-order valence-corrected chi connectivity index (χ2v) is 10.3. The number of hydrogen-bond donors (Lipinski definition) is 2. The minimum Gasteiger partial charge on any atom is -0.378 e. The van der Waals surface area contributed by atoms with E-state index in [-0.39, 0.29) is 23.9 Å². The highest BCUT2D eigenvalue weighted by molar-refractivity contribution is 5.83. The van der Waals surface area contributed by atoms with Gasteiger partial charge in [-0.25, -0.2) is 0 Å². The highest BCUT2D eigenvalue weighted by Gasteiger charge is 2.32. The third-order valence-corrected chi connectivity index (χ3v) is 7.86. The summed E-state index contributed by atoms with van der Waals surface area (Å²) in [6, 6.07) is 28.9. The maximum absolute atomic E-state index is 12.8. The number of Topliss-reactive ketones (excluding diaryl/α,β-unsaturated/α-hetero) is 2. The SMILES string of the molecule is O=C1CCCCC1C(Nc1ccc(NC(c2ccccc2)C2CCCCC2=O)cc1)c1ccccc1. The van der Waals surface area contributed by atoms with E-state index in [0.29, 0.717) is 24.4 Å². The number of ketones is 2. The molecule has 0 spiro atoms. The molecule has 0 heterocycles. The first kappa shape index (κ1) is 24.3. The first-order valence-corrected chi connectivity index (χ1v) is 13.5. The molecule has 4 atom stereocenters. The van der Waals surface area contributed by atoms with Crippen LogP contribution in [-0.2, 0) is 9.59 Å². The van der Waals surface area contributed by atoms with E-state index in [0.717, 1.165) is 61.0 Å². The van der Waals surface area contributed by atoms with Gasteiger partial charge in [0.2, 0.25) is 0 Å². The van der Waals surface area contributed by atoms with Gasteiger partial charge in [-0.15, -0.1) is 0 Å². The zero-order chi connectivity index (χ0) is 24.7. The molecular formula is C32H36N2O2. The van der Waals surface area contributed by atoms with Crippen LogP contribution in [0, 0.1) is 11.8 Å². The molecule has 2 aliphatic carbocycles. The lowest BCUT2D eigenvalue weighted by Gasteiger charge is -2.32. The molecule has 0 saturated heterocycles. The van der Waals surface area contributed by atoms with Crippen LogP contribution in [0.1, 0.15) is 74.6 Å². The van der Waals surface area contributed by atoms with Crippen LogP contribution in [0.4, 0.5) is 11.4 Å². The topological polar surface area (TPSA) is 58.2 Å². The van der Waals surface area contributed by atoms with Gasteiger partial charge in [-0.2, -0.15) is 0 Å². The maximum atomic E-state index is 12.8. The number of anilines is 2. The number of carbonyl (C=O) groups excluding carboxylic acids is 2. The van der Waals surface area contributed by atoms with Crippen LogP contribution in [0.25, 0.3) is 0 Å². The molecule has 3 aromatic carbocycles. The van der Waals surface area contributed by atoms with Gasteiger partial charge in [-0.05, 0) is 61.1 Å². The smallest absolute Gasteiger partial charge is 0.138 e. The van der Waals surface area contributed by atoms with Gasteiger partial charge >= 0.3 is 0 Å². The second-order valence-electron chi connectivity index (χ2n) is 10.3. The fourth-order valence-electron chi connectivity index (χ4n) is 5.90. The average Bonchev–Trinajstić information content (AvgIpc) is 2.93. The molecule has 0 aliphatic heterocycles. The third kappa shape index (κ3) is 5.70. The number of rotatable bonds is 8. The number of benzene rings is 3. The summed E-state index contributed by atoms with van der Waals surface area (Å²) in [5.74, 6) is 0.727.